The van der Waals surface area contributed by atoms with Crippen molar-refractivity contribution in [2.24, 2.45) is 0 Å². The van der Waals surface area contributed by atoms with Crippen LogP contribution in [0.4, 0.5) is 0 Å². The Morgan fingerprint density at radius 1 is 1.42 bits per heavy atom. The van der Waals surface area contributed by atoms with Gasteiger partial charge < -0.3 is 14.7 Å². The second-order valence-corrected chi connectivity index (χ2v) is 4.74. The van der Waals surface area contributed by atoms with Gasteiger partial charge >= 0.3 is 5.97 Å². The summed E-state index contributed by atoms with van der Waals surface area (Å²) in [5, 5.41) is 9.01. The molecule has 0 fully saturated rings. The largest absolute Gasteiger partial charge is 0.479 e. The van der Waals surface area contributed by atoms with Crippen LogP contribution in [0.15, 0.2) is 24.3 Å². The van der Waals surface area contributed by atoms with Gasteiger partial charge in [0.15, 0.2) is 6.10 Å². The summed E-state index contributed by atoms with van der Waals surface area (Å²) in [7, 11) is 2.00. The van der Waals surface area contributed by atoms with Gasteiger partial charge in [-0.3, -0.25) is 0 Å². The van der Waals surface area contributed by atoms with Gasteiger partial charge in [-0.1, -0.05) is 24.3 Å². The van der Waals surface area contributed by atoms with Crippen LogP contribution in [0.5, 0.6) is 0 Å². The van der Waals surface area contributed by atoms with Crippen LogP contribution in [0, 0.1) is 6.92 Å². The van der Waals surface area contributed by atoms with Gasteiger partial charge in [-0.25, -0.2) is 4.79 Å². The maximum Gasteiger partial charge on any atom is 0.332 e. The molecule has 1 aromatic carbocycles. The molecule has 1 atom stereocenters. The molecule has 4 nitrogen and oxygen atoms in total. The standard InChI is InChI=1S/C15H23NO3/c1-4-19-14(15(17)18)9-10-16(3)11-13-8-6-5-7-12(13)2/h5-8,14H,4,9-11H2,1-3H3,(H,17,18). The number of hydrogen-bond acceptors (Lipinski definition) is 3. The van der Waals surface area contributed by atoms with Crippen LogP contribution in [0.1, 0.15) is 24.5 Å². The molecule has 1 unspecified atom stereocenters. The first-order chi connectivity index (χ1) is 9.04. The minimum Gasteiger partial charge on any atom is -0.479 e. The molecular formula is C15H23NO3. The summed E-state index contributed by atoms with van der Waals surface area (Å²) in [4.78, 5) is 13.1. The minimum absolute atomic E-state index is 0.429. The van der Waals surface area contributed by atoms with Crippen molar-refractivity contribution in [1.82, 2.24) is 4.90 Å². The van der Waals surface area contributed by atoms with Crippen molar-refractivity contribution in [2.75, 3.05) is 20.2 Å². The van der Waals surface area contributed by atoms with E-state index < -0.39 is 12.1 Å². The highest BCUT2D eigenvalue weighted by atomic mass is 16.5. The highest BCUT2D eigenvalue weighted by Gasteiger charge is 2.17. The lowest BCUT2D eigenvalue weighted by atomic mass is 10.1. The summed E-state index contributed by atoms with van der Waals surface area (Å²) in [5.41, 5.74) is 2.53. The smallest absolute Gasteiger partial charge is 0.332 e. The Morgan fingerprint density at radius 3 is 2.68 bits per heavy atom. The normalized spacial score (nSPS) is 12.6. The Kier molecular flexibility index (Phi) is 6.53. The van der Waals surface area contributed by atoms with Crippen LogP contribution < -0.4 is 0 Å². The number of aryl methyl sites for hydroxylation is 1. The number of carbonyl (C=O) groups is 1. The van der Waals surface area contributed by atoms with E-state index in [1.807, 2.05) is 26.1 Å². The zero-order chi connectivity index (χ0) is 14.3. The predicted octanol–water partition coefficient (Wildman–Crippen LogP) is 2.31. The summed E-state index contributed by atoms with van der Waals surface area (Å²) < 4.78 is 5.20. The first-order valence-electron chi connectivity index (χ1n) is 6.62. The first kappa shape index (κ1) is 15.7. The van der Waals surface area contributed by atoms with E-state index in [1.165, 1.54) is 11.1 Å². The molecule has 19 heavy (non-hydrogen) atoms. The highest BCUT2D eigenvalue weighted by molar-refractivity contribution is 5.72. The van der Waals surface area contributed by atoms with E-state index in [1.54, 1.807) is 0 Å². The number of carboxylic acid groups (broad SMARTS) is 1. The average molecular weight is 265 g/mol. The number of carboxylic acids is 1. The summed E-state index contributed by atoms with van der Waals surface area (Å²) in [6.07, 6.45) is -0.199. The van der Waals surface area contributed by atoms with Gasteiger partial charge in [-0.15, -0.1) is 0 Å². The number of ether oxygens (including phenoxy) is 1. The molecule has 0 spiro atoms. The Labute approximate surface area is 115 Å². The molecule has 1 N–H and O–H groups in total. The number of aliphatic carboxylic acids is 1. The van der Waals surface area contributed by atoms with Gasteiger partial charge in [-0.2, -0.15) is 0 Å². The maximum absolute atomic E-state index is 11.0. The van der Waals surface area contributed by atoms with Crippen molar-refractivity contribution in [3.05, 3.63) is 35.4 Å². The number of hydrogen-bond donors (Lipinski definition) is 1. The van der Waals surface area contributed by atoms with Gasteiger partial charge in [-0.05, 0) is 38.4 Å². The molecule has 0 aliphatic rings. The lowest BCUT2D eigenvalue weighted by Crippen LogP contribution is -2.30. The summed E-state index contributed by atoms with van der Waals surface area (Å²) in [6, 6.07) is 8.23. The van der Waals surface area contributed by atoms with E-state index in [2.05, 4.69) is 24.0 Å². The van der Waals surface area contributed by atoms with Crippen molar-refractivity contribution < 1.29 is 14.6 Å². The number of rotatable bonds is 8. The number of nitrogens with zero attached hydrogens (tertiary/aromatic N) is 1. The molecule has 1 aromatic rings. The quantitative estimate of drug-likeness (QED) is 0.783. The van der Waals surface area contributed by atoms with Gasteiger partial charge in [0.1, 0.15) is 0 Å². The van der Waals surface area contributed by atoms with E-state index >= 15 is 0 Å². The van der Waals surface area contributed by atoms with Crippen LogP contribution in [-0.4, -0.2) is 42.3 Å². The van der Waals surface area contributed by atoms with Crippen LogP contribution >= 0.6 is 0 Å². The molecule has 0 amide bonds. The molecular weight excluding hydrogens is 242 g/mol. The zero-order valence-electron chi connectivity index (χ0n) is 11.9. The molecule has 4 heteroatoms. The molecule has 0 heterocycles. The lowest BCUT2D eigenvalue weighted by Gasteiger charge is -2.20. The maximum atomic E-state index is 11.0. The van der Waals surface area contributed by atoms with Crippen LogP contribution in [-0.2, 0) is 16.1 Å². The van der Waals surface area contributed by atoms with Crippen LogP contribution in [0.25, 0.3) is 0 Å². The van der Waals surface area contributed by atoms with Crippen molar-refractivity contribution in [2.45, 2.75) is 32.9 Å². The Balaban J connectivity index is 2.45. The first-order valence-corrected chi connectivity index (χ1v) is 6.62. The fourth-order valence-electron chi connectivity index (χ4n) is 1.97. The van der Waals surface area contributed by atoms with Crippen molar-refractivity contribution in [3.63, 3.8) is 0 Å². The van der Waals surface area contributed by atoms with E-state index in [-0.39, 0.29) is 0 Å². The zero-order valence-corrected chi connectivity index (χ0v) is 11.9. The van der Waals surface area contributed by atoms with E-state index in [4.69, 9.17) is 9.84 Å². The van der Waals surface area contributed by atoms with E-state index in [0.717, 1.165) is 6.54 Å². The van der Waals surface area contributed by atoms with Gasteiger partial charge in [0.25, 0.3) is 0 Å². The lowest BCUT2D eigenvalue weighted by molar-refractivity contribution is -0.150. The Hall–Kier alpha value is -1.39. The molecule has 106 valence electrons. The van der Waals surface area contributed by atoms with Crippen molar-refractivity contribution in [3.8, 4) is 0 Å². The third-order valence-corrected chi connectivity index (χ3v) is 3.12. The topological polar surface area (TPSA) is 49.8 Å². The SMILES string of the molecule is CCOC(CCN(C)Cc1ccccc1C)C(=O)O. The predicted molar refractivity (Wildman–Crippen MR) is 75.2 cm³/mol. The van der Waals surface area contributed by atoms with Gasteiger partial charge in [0.05, 0.1) is 0 Å². The fourth-order valence-corrected chi connectivity index (χ4v) is 1.97. The molecule has 0 radical (unpaired) electrons. The summed E-state index contributed by atoms with van der Waals surface area (Å²) in [6.45, 7) is 5.85. The third-order valence-electron chi connectivity index (χ3n) is 3.12. The summed E-state index contributed by atoms with van der Waals surface area (Å²) >= 11 is 0. The monoisotopic (exact) mass is 265 g/mol. The van der Waals surface area contributed by atoms with Crippen LogP contribution in [0.3, 0.4) is 0 Å². The second kappa shape index (κ2) is 7.92. The molecule has 0 saturated carbocycles. The minimum atomic E-state index is -0.883. The van der Waals surface area contributed by atoms with Crippen molar-refractivity contribution in [1.29, 1.82) is 0 Å². The van der Waals surface area contributed by atoms with Crippen molar-refractivity contribution >= 4 is 5.97 Å². The molecule has 0 bridgehead atoms. The Bertz CT molecular complexity index is 406. The molecule has 0 aliphatic heterocycles. The highest BCUT2D eigenvalue weighted by Crippen LogP contribution is 2.10. The second-order valence-electron chi connectivity index (χ2n) is 4.74. The van der Waals surface area contributed by atoms with Gasteiger partial charge in [0.2, 0.25) is 0 Å². The number of benzene rings is 1. The summed E-state index contributed by atoms with van der Waals surface area (Å²) in [5.74, 6) is -0.883. The van der Waals surface area contributed by atoms with Gasteiger partial charge in [0, 0.05) is 19.7 Å². The fraction of sp³-hybridized carbons (Fsp3) is 0.533. The molecule has 0 saturated heterocycles. The Morgan fingerprint density at radius 2 is 2.11 bits per heavy atom. The van der Waals surface area contributed by atoms with E-state index in [0.29, 0.717) is 19.6 Å². The van der Waals surface area contributed by atoms with E-state index in [9.17, 15) is 4.79 Å². The molecule has 0 aromatic heterocycles. The third kappa shape index (κ3) is 5.41. The molecule has 0 aliphatic carbocycles. The molecule has 1 rings (SSSR count). The average Bonchev–Trinajstić information content (AvgIpc) is 2.37. The van der Waals surface area contributed by atoms with Crippen LogP contribution in [0.2, 0.25) is 0 Å².